The lowest BCUT2D eigenvalue weighted by Gasteiger charge is -2.31. The molecule has 1 heterocycles. The summed E-state index contributed by atoms with van der Waals surface area (Å²) in [6, 6.07) is 6.77. The Morgan fingerprint density at radius 2 is 2.26 bits per heavy atom. The van der Waals surface area contributed by atoms with Crippen LogP contribution < -0.4 is 11.1 Å². The number of amides is 1. The first kappa shape index (κ1) is 13.7. The van der Waals surface area contributed by atoms with E-state index in [0.717, 1.165) is 0 Å². The Morgan fingerprint density at radius 1 is 1.47 bits per heavy atom. The van der Waals surface area contributed by atoms with Gasteiger partial charge in [-0.25, -0.2) is 8.78 Å². The topological polar surface area (TPSA) is 58.4 Å². The highest BCUT2D eigenvalue weighted by Crippen LogP contribution is 2.26. The number of piperidine rings is 1. The maximum absolute atomic E-state index is 13.2. The van der Waals surface area contributed by atoms with Gasteiger partial charge in [0.15, 0.2) is 0 Å². The second-order valence-electron chi connectivity index (χ2n) is 4.84. The van der Waals surface area contributed by atoms with Gasteiger partial charge in [-0.1, -0.05) is 6.07 Å². The summed E-state index contributed by atoms with van der Waals surface area (Å²) in [5.41, 5.74) is 6.71. The maximum atomic E-state index is 13.2. The average Bonchev–Trinajstić information content (AvgIpc) is 2.27. The fourth-order valence-electron chi connectivity index (χ4n) is 2.20. The molecule has 6 heteroatoms. The van der Waals surface area contributed by atoms with Crippen LogP contribution in [-0.2, 0) is 4.79 Å². The molecule has 1 fully saturated rings. The summed E-state index contributed by atoms with van der Waals surface area (Å²) in [6.45, 7) is 0.154. The van der Waals surface area contributed by atoms with E-state index in [1.165, 1.54) is 4.90 Å². The van der Waals surface area contributed by atoms with Gasteiger partial charge in [-0.3, -0.25) is 9.69 Å². The first-order valence-corrected chi connectivity index (χ1v) is 6.20. The van der Waals surface area contributed by atoms with E-state index in [-0.39, 0.29) is 25.4 Å². The van der Waals surface area contributed by atoms with E-state index in [1.54, 1.807) is 24.3 Å². The Bertz CT molecular complexity index is 465. The molecule has 2 rings (SSSR count). The normalized spacial score (nSPS) is 19.1. The minimum atomic E-state index is -2.68. The quantitative estimate of drug-likeness (QED) is 0.824. The van der Waals surface area contributed by atoms with E-state index in [1.807, 2.05) is 0 Å². The van der Waals surface area contributed by atoms with E-state index in [0.29, 0.717) is 24.3 Å². The molecule has 0 atom stereocenters. The van der Waals surface area contributed by atoms with Gasteiger partial charge >= 0.3 is 0 Å². The zero-order valence-electron chi connectivity index (χ0n) is 10.5. The van der Waals surface area contributed by atoms with Crippen molar-refractivity contribution in [2.45, 2.75) is 18.8 Å². The molecule has 4 nitrogen and oxygen atoms in total. The number of hydrogen-bond acceptors (Lipinski definition) is 3. The second kappa shape index (κ2) is 5.52. The number of halogens is 2. The Morgan fingerprint density at radius 3 is 2.95 bits per heavy atom. The molecule has 1 saturated heterocycles. The van der Waals surface area contributed by atoms with Crippen molar-refractivity contribution >= 4 is 17.3 Å². The summed E-state index contributed by atoms with van der Waals surface area (Å²) < 4.78 is 26.4. The van der Waals surface area contributed by atoms with Crippen LogP contribution in [0.2, 0.25) is 0 Å². The van der Waals surface area contributed by atoms with Crippen molar-refractivity contribution in [3.63, 3.8) is 0 Å². The molecule has 0 spiro atoms. The van der Waals surface area contributed by atoms with E-state index in [4.69, 9.17) is 5.73 Å². The minimum Gasteiger partial charge on any atom is -0.399 e. The fraction of sp³-hybridized carbons (Fsp3) is 0.462. The van der Waals surface area contributed by atoms with E-state index < -0.39 is 5.92 Å². The van der Waals surface area contributed by atoms with Gasteiger partial charge in [0.1, 0.15) is 0 Å². The predicted octanol–water partition coefficient (Wildman–Crippen LogP) is 1.94. The summed E-state index contributed by atoms with van der Waals surface area (Å²) >= 11 is 0. The molecule has 0 saturated carbocycles. The lowest BCUT2D eigenvalue weighted by Crippen LogP contribution is -2.45. The van der Waals surface area contributed by atoms with Crippen LogP contribution in [0.3, 0.4) is 0 Å². The van der Waals surface area contributed by atoms with Gasteiger partial charge in [-0.05, 0) is 31.2 Å². The zero-order chi connectivity index (χ0) is 13.9. The monoisotopic (exact) mass is 269 g/mol. The van der Waals surface area contributed by atoms with Crippen LogP contribution in [0.25, 0.3) is 0 Å². The number of carbonyl (C=O) groups is 1. The summed E-state index contributed by atoms with van der Waals surface area (Å²) in [5, 5.41) is 2.65. The van der Waals surface area contributed by atoms with Crippen LogP contribution in [0.5, 0.6) is 0 Å². The first-order chi connectivity index (χ1) is 8.94. The molecule has 104 valence electrons. The van der Waals surface area contributed by atoms with Crippen molar-refractivity contribution < 1.29 is 13.6 Å². The number of alkyl halides is 2. The number of benzene rings is 1. The number of rotatable bonds is 3. The van der Waals surface area contributed by atoms with Crippen molar-refractivity contribution in [1.29, 1.82) is 0 Å². The first-order valence-electron chi connectivity index (χ1n) is 6.20. The predicted molar refractivity (Wildman–Crippen MR) is 70.1 cm³/mol. The Labute approximate surface area is 110 Å². The number of carbonyl (C=O) groups excluding carboxylic acids is 1. The molecule has 1 aliphatic heterocycles. The van der Waals surface area contributed by atoms with E-state index in [9.17, 15) is 13.6 Å². The smallest absolute Gasteiger partial charge is 0.260 e. The van der Waals surface area contributed by atoms with Crippen molar-refractivity contribution in [2.24, 2.45) is 0 Å². The Balaban J connectivity index is 1.87. The van der Waals surface area contributed by atoms with Crippen LogP contribution in [0, 0.1) is 0 Å². The highest BCUT2D eigenvalue weighted by molar-refractivity contribution is 5.92. The van der Waals surface area contributed by atoms with Gasteiger partial charge in [0.2, 0.25) is 5.91 Å². The summed E-state index contributed by atoms with van der Waals surface area (Å²) in [5.74, 6) is -2.99. The molecule has 3 N–H and O–H groups in total. The van der Waals surface area contributed by atoms with E-state index >= 15 is 0 Å². The highest BCUT2D eigenvalue weighted by Gasteiger charge is 2.35. The van der Waals surface area contributed by atoms with Gasteiger partial charge < -0.3 is 11.1 Å². The molecule has 19 heavy (non-hydrogen) atoms. The number of nitrogen functional groups attached to an aromatic ring is 1. The second-order valence-corrected chi connectivity index (χ2v) is 4.84. The van der Waals surface area contributed by atoms with Crippen LogP contribution >= 0.6 is 0 Å². The molecule has 1 aromatic rings. The highest BCUT2D eigenvalue weighted by atomic mass is 19.3. The van der Waals surface area contributed by atoms with Crippen LogP contribution in [0.4, 0.5) is 20.2 Å². The number of anilines is 2. The van der Waals surface area contributed by atoms with Gasteiger partial charge in [-0.2, -0.15) is 0 Å². The standard InChI is InChI=1S/C13H17F2N3O/c14-13(15)5-2-6-18(9-13)8-12(19)17-11-4-1-3-10(16)7-11/h1,3-4,7H,2,5-6,8-9,16H2,(H,17,19). The number of hydrogen-bond donors (Lipinski definition) is 2. The molecule has 0 aliphatic carbocycles. The molecule has 0 bridgehead atoms. The molecular weight excluding hydrogens is 252 g/mol. The van der Waals surface area contributed by atoms with Crippen molar-refractivity contribution in [1.82, 2.24) is 4.90 Å². The summed E-state index contributed by atoms with van der Waals surface area (Å²) in [7, 11) is 0. The zero-order valence-corrected chi connectivity index (χ0v) is 10.5. The largest absolute Gasteiger partial charge is 0.399 e. The minimum absolute atomic E-state index is 0.0234. The molecule has 0 aromatic heterocycles. The average molecular weight is 269 g/mol. The number of nitrogens with one attached hydrogen (secondary N) is 1. The molecule has 0 radical (unpaired) electrons. The third kappa shape index (κ3) is 4.17. The molecular formula is C13H17F2N3O. The van der Waals surface area contributed by atoms with Gasteiger partial charge in [0.25, 0.3) is 5.92 Å². The van der Waals surface area contributed by atoms with Crippen molar-refractivity contribution in [3.05, 3.63) is 24.3 Å². The SMILES string of the molecule is Nc1cccc(NC(=O)CN2CCCC(F)(F)C2)c1. The number of likely N-dealkylation sites (tertiary alicyclic amines) is 1. The lowest BCUT2D eigenvalue weighted by molar-refractivity contribution is -0.120. The molecule has 1 aromatic carbocycles. The van der Waals surface area contributed by atoms with Crippen LogP contribution in [-0.4, -0.2) is 36.4 Å². The fourth-order valence-corrected chi connectivity index (χ4v) is 2.20. The number of nitrogens with two attached hydrogens (primary N) is 1. The van der Waals surface area contributed by atoms with Crippen LogP contribution in [0.15, 0.2) is 24.3 Å². The van der Waals surface area contributed by atoms with Gasteiger partial charge in [0, 0.05) is 17.8 Å². The molecule has 1 aliphatic rings. The third-order valence-corrected chi connectivity index (χ3v) is 3.01. The summed E-state index contributed by atoms with van der Waals surface area (Å²) in [6.07, 6.45) is 0.318. The van der Waals surface area contributed by atoms with E-state index in [2.05, 4.69) is 5.32 Å². The third-order valence-electron chi connectivity index (χ3n) is 3.01. The lowest BCUT2D eigenvalue weighted by atomic mass is 10.1. The maximum Gasteiger partial charge on any atom is 0.260 e. The van der Waals surface area contributed by atoms with Gasteiger partial charge in [-0.15, -0.1) is 0 Å². The Hall–Kier alpha value is -1.69. The Kier molecular flexibility index (Phi) is 3.99. The van der Waals surface area contributed by atoms with Crippen LogP contribution in [0.1, 0.15) is 12.8 Å². The van der Waals surface area contributed by atoms with Crippen molar-refractivity contribution in [3.8, 4) is 0 Å². The molecule has 1 amide bonds. The van der Waals surface area contributed by atoms with Crippen molar-refractivity contribution in [2.75, 3.05) is 30.7 Å². The number of nitrogens with zero attached hydrogens (tertiary/aromatic N) is 1. The van der Waals surface area contributed by atoms with Gasteiger partial charge in [0.05, 0.1) is 13.1 Å². The summed E-state index contributed by atoms with van der Waals surface area (Å²) in [4.78, 5) is 13.2. The molecule has 0 unspecified atom stereocenters.